The van der Waals surface area contributed by atoms with Crippen LogP contribution in [0.5, 0.6) is 5.75 Å². The number of nitrogens with zero attached hydrogens (tertiary/aromatic N) is 3. The smallest absolute Gasteiger partial charge is 0.286 e. The second-order valence-electron chi connectivity index (χ2n) is 7.26. The number of carbonyl (C=O) groups is 2. The number of aryl methyl sites for hydroxylation is 1. The lowest BCUT2D eigenvalue weighted by Crippen LogP contribution is -2.34. The maximum Gasteiger partial charge on any atom is 0.286 e. The fraction of sp³-hybridized carbons (Fsp3) is 0.273. The molecule has 1 aliphatic heterocycles. The Balaban J connectivity index is 1.39. The summed E-state index contributed by atoms with van der Waals surface area (Å²) in [5, 5.41) is 11.6. The summed E-state index contributed by atoms with van der Waals surface area (Å²) >= 11 is 1.16. The van der Waals surface area contributed by atoms with Gasteiger partial charge in [-0.2, -0.15) is 0 Å². The van der Waals surface area contributed by atoms with Gasteiger partial charge in [-0.05, 0) is 61.7 Å². The molecule has 3 aromatic rings. The first-order valence-corrected chi connectivity index (χ1v) is 10.7. The maximum atomic E-state index is 13.0. The van der Waals surface area contributed by atoms with E-state index in [2.05, 4.69) is 15.5 Å². The Labute approximate surface area is 182 Å². The summed E-state index contributed by atoms with van der Waals surface area (Å²) in [6.07, 6.45) is 1.60. The highest BCUT2D eigenvalue weighted by Gasteiger charge is 2.33. The van der Waals surface area contributed by atoms with Gasteiger partial charge in [0.2, 0.25) is 5.01 Å². The Bertz CT molecular complexity index is 1090. The zero-order chi connectivity index (χ0) is 21.8. The zero-order valence-electron chi connectivity index (χ0n) is 16.9. The van der Waals surface area contributed by atoms with E-state index in [0.29, 0.717) is 23.0 Å². The molecule has 2 amide bonds. The molecular weight excluding hydrogens is 419 g/mol. The number of halogens is 1. The third kappa shape index (κ3) is 5.05. The van der Waals surface area contributed by atoms with Crippen LogP contribution in [0.15, 0.2) is 48.5 Å². The van der Waals surface area contributed by atoms with E-state index < -0.39 is 5.91 Å². The molecule has 2 aromatic carbocycles. The summed E-state index contributed by atoms with van der Waals surface area (Å²) in [7, 11) is 0. The number of nitrogens with one attached hydrogen (secondary N) is 1. The highest BCUT2D eigenvalue weighted by atomic mass is 32.1. The maximum absolute atomic E-state index is 13.0. The van der Waals surface area contributed by atoms with Crippen LogP contribution >= 0.6 is 11.3 Å². The Morgan fingerprint density at radius 3 is 2.81 bits per heavy atom. The minimum absolute atomic E-state index is 0.0589. The van der Waals surface area contributed by atoms with Crippen LogP contribution in [0.1, 0.15) is 39.3 Å². The lowest BCUT2D eigenvalue weighted by molar-refractivity contribution is -0.134. The highest BCUT2D eigenvalue weighted by molar-refractivity contribution is 7.13. The van der Waals surface area contributed by atoms with E-state index in [1.807, 2.05) is 31.2 Å². The quantitative estimate of drug-likeness (QED) is 0.627. The first kappa shape index (κ1) is 20.9. The van der Waals surface area contributed by atoms with Gasteiger partial charge in [-0.15, -0.1) is 10.2 Å². The van der Waals surface area contributed by atoms with Gasteiger partial charge in [-0.25, -0.2) is 4.39 Å². The Morgan fingerprint density at radius 2 is 2.03 bits per heavy atom. The van der Waals surface area contributed by atoms with Crippen LogP contribution in [0.3, 0.4) is 0 Å². The number of benzene rings is 2. The molecule has 4 rings (SSSR count). The summed E-state index contributed by atoms with van der Waals surface area (Å²) in [5.74, 6) is -0.279. The van der Waals surface area contributed by atoms with Crippen molar-refractivity contribution < 1.29 is 18.7 Å². The van der Waals surface area contributed by atoms with Crippen molar-refractivity contribution in [2.24, 2.45) is 0 Å². The summed E-state index contributed by atoms with van der Waals surface area (Å²) in [6.45, 7) is 2.51. The van der Waals surface area contributed by atoms with Crippen molar-refractivity contribution in [3.8, 4) is 5.75 Å². The van der Waals surface area contributed by atoms with E-state index >= 15 is 0 Å². The molecule has 1 atom stereocenters. The van der Waals surface area contributed by atoms with Gasteiger partial charge in [0, 0.05) is 12.2 Å². The molecule has 1 fully saturated rings. The van der Waals surface area contributed by atoms with Gasteiger partial charge in [-0.3, -0.25) is 9.59 Å². The van der Waals surface area contributed by atoms with Gasteiger partial charge in [0.1, 0.15) is 16.6 Å². The molecule has 0 saturated carbocycles. The molecule has 1 aromatic heterocycles. The minimum atomic E-state index is -0.422. The summed E-state index contributed by atoms with van der Waals surface area (Å²) in [5.41, 5.74) is 1.53. The first-order valence-electron chi connectivity index (χ1n) is 9.89. The van der Waals surface area contributed by atoms with Crippen LogP contribution in [0.25, 0.3) is 0 Å². The van der Waals surface area contributed by atoms with E-state index in [1.165, 1.54) is 24.3 Å². The van der Waals surface area contributed by atoms with Crippen LogP contribution in [0.2, 0.25) is 0 Å². The lowest BCUT2D eigenvalue weighted by atomic mass is 10.2. The standard InChI is InChI=1S/C22H21FN4O3S/c1-14-4-2-5-17(12-14)30-13-19(28)27-11-3-6-18(27)21-25-26-22(31-21)20(29)24-16-9-7-15(23)8-10-16/h2,4-5,7-10,12,18H,3,6,11,13H2,1H3,(H,24,29)/t18-/m0/s1. The second-order valence-corrected chi connectivity index (χ2v) is 8.27. The Hall–Kier alpha value is -3.33. The van der Waals surface area contributed by atoms with Crippen molar-refractivity contribution >= 4 is 28.8 Å². The van der Waals surface area contributed by atoms with Crippen LogP contribution in [0.4, 0.5) is 10.1 Å². The number of rotatable bonds is 6. The predicted molar refractivity (Wildman–Crippen MR) is 115 cm³/mol. The van der Waals surface area contributed by atoms with E-state index in [1.54, 1.807) is 4.90 Å². The fourth-order valence-electron chi connectivity index (χ4n) is 3.43. The van der Waals surface area contributed by atoms with Crippen molar-refractivity contribution in [3.05, 3.63) is 69.9 Å². The number of anilines is 1. The third-order valence-corrected chi connectivity index (χ3v) is 5.97. The summed E-state index contributed by atoms with van der Waals surface area (Å²) < 4.78 is 18.7. The second kappa shape index (κ2) is 9.22. The zero-order valence-corrected chi connectivity index (χ0v) is 17.7. The number of ether oxygens (including phenoxy) is 1. The van der Waals surface area contributed by atoms with Crippen LogP contribution in [0, 0.1) is 12.7 Å². The molecule has 1 saturated heterocycles. The molecule has 0 unspecified atom stereocenters. The summed E-state index contributed by atoms with van der Waals surface area (Å²) in [6, 6.07) is 12.8. The Morgan fingerprint density at radius 1 is 1.23 bits per heavy atom. The molecule has 0 spiro atoms. The molecule has 0 radical (unpaired) electrons. The first-order chi connectivity index (χ1) is 15.0. The van der Waals surface area contributed by atoms with Crippen LogP contribution < -0.4 is 10.1 Å². The minimum Gasteiger partial charge on any atom is -0.484 e. The van der Waals surface area contributed by atoms with E-state index in [-0.39, 0.29) is 29.4 Å². The molecule has 1 aliphatic rings. The van der Waals surface area contributed by atoms with Gasteiger partial charge in [0.05, 0.1) is 6.04 Å². The fourth-order valence-corrected chi connectivity index (χ4v) is 4.32. The van der Waals surface area contributed by atoms with Gasteiger partial charge < -0.3 is 15.0 Å². The van der Waals surface area contributed by atoms with Crippen molar-refractivity contribution in [2.75, 3.05) is 18.5 Å². The van der Waals surface area contributed by atoms with E-state index in [9.17, 15) is 14.0 Å². The number of hydrogen-bond donors (Lipinski definition) is 1. The monoisotopic (exact) mass is 440 g/mol. The number of hydrogen-bond acceptors (Lipinski definition) is 6. The Kier molecular flexibility index (Phi) is 6.22. The number of likely N-dealkylation sites (tertiary alicyclic amines) is 1. The van der Waals surface area contributed by atoms with Crippen molar-refractivity contribution in [2.45, 2.75) is 25.8 Å². The predicted octanol–water partition coefficient (Wildman–Crippen LogP) is 3.98. The molecule has 0 aliphatic carbocycles. The normalized spacial score (nSPS) is 15.7. The summed E-state index contributed by atoms with van der Waals surface area (Å²) in [4.78, 5) is 26.9. The van der Waals surface area contributed by atoms with Gasteiger partial charge in [0.25, 0.3) is 11.8 Å². The topological polar surface area (TPSA) is 84.4 Å². The molecule has 9 heteroatoms. The van der Waals surface area contributed by atoms with Crippen molar-refractivity contribution in [1.29, 1.82) is 0 Å². The van der Waals surface area contributed by atoms with E-state index in [0.717, 1.165) is 29.7 Å². The van der Waals surface area contributed by atoms with Gasteiger partial charge in [0.15, 0.2) is 6.61 Å². The third-order valence-electron chi connectivity index (χ3n) is 4.95. The van der Waals surface area contributed by atoms with E-state index in [4.69, 9.17) is 4.74 Å². The molecule has 2 heterocycles. The van der Waals surface area contributed by atoms with Crippen LogP contribution in [-0.2, 0) is 4.79 Å². The molecule has 1 N–H and O–H groups in total. The van der Waals surface area contributed by atoms with Crippen molar-refractivity contribution in [3.63, 3.8) is 0 Å². The van der Waals surface area contributed by atoms with Gasteiger partial charge in [-0.1, -0.05) is 23.5 Å². The molecule has 160 valence electrons. The largest absolute Gasteiger partial charge is 0.484 e. The average Bonchev–Trinajstić information content (AvgIpc) is 3.43. The molecule has 31 heavy (non-hydrogen) atoms. The lowest BCUT2D eigenvalue weighted by Gasteiger charge is -2.22. The molecular formula is C22H21FN4O3S. The van der Waals surface area contributed by atoms with Crippen molar-refractivity contribution in [1.82, 2.24) is 15.1 Å². The number of carbonyl (C=O) groups excluding carboxylic acids is 2. The van der Waals surface area contributed by atoms with Crippen LogP contribution in [-0.4, -0.2) is 40.1 Å². The number of amides is 2. The molecule has 0 bridgehead atoms. The molecule has 7 nitrogen and oxygen atoms in total. The average molecular weight is 441 g/mol. The highest BCUT2D eigenvalue weighted by Crippen LogP contribution is 2.34. The SMILES string of the molecule is Cc1cccc(OCC(=O)N2CCC[C@H]2c2nnc(C(=O)Nc3ccc(F)cc3)s2)c1. The number of aromatic nitrogens is 2. The van der Waals surface area contributed by atoms with Gasteiger partial charge >= 0.3 is 0 Å².